The minimum atomic E-state index is 0.342. The highest BCUT2D eigenvalue weighted by Crippen LogP contribution is 2.27. The second kappa shape index (κ2) is 8.17. The summed E-state index contributed by atoms with van der Waals surface area (Å²) in [6.45, 7) is 1.93. The largest absolute Gasteiger partial charge is 0.365 e. The summed E-state index contributed by atoms with van der Waals surface area (Å²) in [4.78, 5) is 22.4. The first-order valence-electron chi connectivity index (χ1n) is 9.69. The minimum Gasteiger partial charge on any atom is -0.365 e. The number of halogens is 1. The lowest BCUT2D eigenvalue weighted by atomic mass is 10.2. The molecule has 150 valence electrons. The van der Waals surface area contributed by atoms with E-state index in [0.717, 1.165) is 41.8 Å². The van der Waals surface area contributed by atoms with Crippen molar-refractivity contribution in [2.45, 2.75) is 12.5 Å². The van der Waals surface area contributed by atoms with Crippen molar-refractivity contribution in [2.24, 2.45) is 0 Å². The van der Waals surface area contributed by atoms with Crippen LogP contribution in [0.25, 0.3) is 22.3 Å². The molecule has 0 amide bonds. The summed E-state index contributed by atoms with van der Waals surface area (Å²) in [5, 5.41) is 11.6. The second-order valence-corrected chi connectivity index (χ2v) is 7.48. The first kappa shape index (κ1) is 18.7. The normalized spacial score (nSPS) is 16.0. The Morgan fingerprint density at radius 3 is 2.80 bits per heavy atom. The Morgan fingerprint density at radius 2 is 1.97 bits per heavy atom. The van der Waals surface area contributed by atoms with Crippen LogP contribution in [0.2, 0.25) is 5.02 Å². The van der Waals surface area contributed by atoms with E-state index in [-0.39, 0.29) is 0 Å². The van der Waals surface area contributed by atoms with Crippen LogP contribution >= 0.6 is 11.6 Å². The van der Waals surface area contributed by atoms with Gasteiger partial charge < -0.3 is 16.0 Å². The maximum atomic E-state index is 5.91. The van der Waals surface area contributed by atoms with E-state index in [9.17, 15) is 0 Å². The van der Waals surface area contributed by atoms with Gasteiger partial charge in [0.15, 0.2) is 5.82 Å². The molecule has 30 heavy (non-hydrogen) atoms. The Bertz CT molecular complexity index is 1180. The molecule has 1 aliphatic heterocycles. The molecule has 0 radical (unpaired) electrons. The zero-order chi connectivity index (χ0) is 20.3. The molecule has 5 rings (SSSR count). The van der Waals surface area contributed by atoms with Crippen LogP contribution in [-0.2, 0) is 0 Å². The van der Waals surface area contributed by atoms with Crippen LogP contribution in [0.4, 0.5) is 17.5 Å². The van der Waals surface area contributed by atoms with E-state index < -0.39 is 0 Å². The van der Waals surface area contributed by atoms with E-state index in [4.69, 9.17) is 21.6 Å². The van der Waals surface area contributed by atoms with Crippen LogP contribution in [0.3, 0.4) is 0 Å². The molecule has 0 aliphatic carbocycles. The number of nitrogens with zero attached hydrogens (tertiary/aromatic N) is 5. The zero-order valence-electron chi connectivity index (χ0n) is 16.0. The third-order valence-corrected chi connectivity index (χ3v) is 5.13. The van der Waals surface area contributed by atoms with Gasteiger partial charge in [0.1, 0.15) is 17.5 Å². The van der Waals surface area contributed by atoms with Crippen molar-refractivity contribution in [1.29, 1.82) is 0 Å². The van der Waals surface area contributed by atoms with Crippen molar-refractivity contribution in [3.05, 3.63) is 60.1 Å². The van der Waals surface area contributed by atoms with E-state index in [1.807, 2.05) is 18.2 Å². The van der Waals surface area contributed by atoms with Crippen LogP contribution in [0, 0.1) is 0 Å². The average Bonchev–Trinajstić information content (AvgIpc) is 3.29. The number of rotatable bonds is 5. The van der Waals surface area contributed by atoms with Gasteiger partial charge in [-0.15, -0.1) is 0 Å². The number of hydrogen-bond acceptors (Lipinski definition) is 8. The van der Waals surface area contributed by atoms with Crippen LogP contribution in [0.5, 0.6) is 0 Å². The highest BCUT2D eigenvalue weighted by atomic mass is 35.5. The van der Waals surface area contributed by atoms with Crippen LogP contribution in [0.1, 0.15) is 6.42 Å². The van der Waals surface area contributed by atoms with E-state index in [1.165, 1.54) is 0 Å². The van der Waals surface area contributed by atoms with Crippen molar-refractivity contribution in [1.82, 2.24) is 30.2 Å². The molecule has 5 heterocycles. The van der Waals surface area contributed by atoms with E-state index in [1.54, 1.807) is 36.9 Å². The summed E-state index contributed by atoms with van der Waals surface area (Å²) in [5.41, 5.74) is 1.64. The lowest BCUT2D eigenvalue weighted by Crippen LogP contribution is -2.23. The third kappa shape index (κ3) is 4.00. The first-order chi connectivity index (χ1) is 14.7. The van der Waals surface area contributed by atoms with E-state index >= 15 is 0 Å². The molecule has 8 nitrogen and oxygen atoms in total. The van der Waals surface area contributed by atoms with Crippen molar-refractivity contribution in [3.63, 3.8) is 0 Å². The second-order valence-electron chi connectivity index (χ2n) is 7.04. The predicted octanol–water partition coefficient (Wildman–Crippen LogP) is 3.65. The van der Waals surface area contributed by atoms with Crippen LogP contribution in [0.15, 0.2) is 55.1 Å². The molecule has 1 saturated heterocycles. The molecule has 1 atom stereocenters. The Labute approximate surface area is 178 Å². The van der Waals surface area contributed by atoms with Crippen LogP contribution < -0.4 is 16.0 Å². The van der Waals surface area contributed by atoms with Gasteiger partial charge in [0.25, 0.3) is 0 Å². The SMILES string of the molecule is Clc1ccc(Nc2cc(-c3nc(N[C@@H]4CCNC4)c4ccncc4n3)ccn2)nc1. The zero-order valence-corrected chi connectivity index (χ0v) is 16.8. The Kier molecular flexibility index (Phi) is 5.08. The summed E-state index contributed by atoms with van der Waals surface area (Å²) in [6.07, 6.45) is 7.89. The molecule has 3 N–H and O–H groups in total. The number of aromatic nitrogens is 5. The third-order valence-electron chi connectivity index (χ3n) is 4.90. The van der Waals surface area contributed by atoms with Crippen molar-refractivity contribution >= 4 is 40.0 Å². The molecule has 9 heteroatoms. The topological polar surface area (TPSA) is 101 Å². The van der Waals surface area contributed by atoms with E-state index in [2.05, 4.69) is 30.9 Å². The number of fused-ring (bicyclic) bond motifs is 1. The predicted molar refractivity (Wildman–Crippen MR) is 118 cm³/mol. The molecule has 1 fully saturated rings. The van der Waals surface area contributed by atoms with Crippen molar-refractivity contribution in [2.75, 3.05) is 23.7 Å². The van der Waals surface area contributed by atoms with Gasteiger partial charge in [-0.1, -0.05) is 11.6 Å². The van der Waals surface area contributed by atoms with Gasteiger partial charge in [-0.3, -0.25) is 4.98 Å². The molecule has 1 aliphatic rings. The van der Waals surface area contributed by atoms with Gasteiger partial charge >= 0.3 is 0 Å². The molecular weight excluding hydrogens is 400 g/mol. The molecule has 0 spiro atoms. The maximum Gasteiger partial charge on any atom is 0.162 e. The lowest BCUT2D eigenvalue weighted by Gasteiger charge is -2.15. The fourth-order valence-electron chi connectivity index (χ4n) is 3.41. The first-order valence-corrected chi connectivity index (χ1v) is 10.1. The summed E-state index contributed by atoms with van der Waals surface area (Å²) in [5.74, 6) is 2.73. The highest BCUT2D eigenvalue weighted by Gasteiger charge is 2.17. The quantitative estimate of drug-likeness (QED) is 0.451. The van der Waals surface area contributed by atoms with Crippen molar-refractivity contribution in [3.8, 4) is 11.4 Å². The van der Waals surface area contributed by atoms with Crippen molar-refractivity contribution < 1.29 is 0 Å². The highest BCUT2D eigenvalue weighted by molar-refractivity contribution is 6.30. The van der Waals surface area contributed by atoms with Gasteiger partial charge in [0.05, 0.1) is 16.7 Å². The van der Waals surface area contributed by atoms with Gasteiger partial charge in [-0.05, 0) is 43.3 Å². The Balaban J connectivity index is 1.50. The fourth-order valence-corrected chi connectivity index (χ4v) is 3.52. The summed E-state index contributed by atoms with van der Waals surface area (Å²) < 4.78 is 0. The van der Waals surface area contributed by atoms with Gasteiger partial charge in [-0.2, -0.15) is 0 Å². The molecule has 0 unspecified atom stereocenters. The standard InChI is InChI=1S/C21H19ClN8/c22-14-1-2-18(26-10-14)29-19-9-13(3-8-25-19)20-28-17-12-24-7-5-16(17)21(30-20)27-15-4-6-23-11-15/h1-3,5,7-10,12,15,23H,4,6,11H2,(H,25,26,29)(H,27,28,30)/t15-/m1/s1. The Hall–Kier alpha value is -3.36. The van der Waals surface area contributed by atoms with Gasteiger partial charge in [0, 0.05) is 42.1 Å². The molecule has 4 aromatic rings. The van der Waals surface area contributed by atoms with E-state index in [0.29, 0.717) is 28.5 Å². The number of hydrogen-bond donors (Lipinski definition) is 3. The number of nitrogens with one attached hydrogen (secondary N) is 3. The average molecular weight is 419 g/mol. The lowest BCUT2D eigenvalue weighted by molar-refractivity contribution is 0.789. The monoisotopic (exact) mass is 418 g/mol. The maximum absolute atomic E-state index is 5.91. The number of anilines is 3. The fraction of sp³-hybridized carbons (Fsp3) is 0.190. The smallest absolute Gasteiger partial charge is 0.162 e. The van der Waals surface area contributed by atoms with Crippen LogP contribution in [-0.4, -0.2) is 44.1 Å². The molecule has 0 bridgehead atoms. The molecule has 0 aromatic carbocycles. The van der Waals surface area contributed by atoms with Gasteiger partial charge in [0.2, 0.25) is 0 Å². The Morgan fingerprint density at radius 1 is 1.00 bits per heavy atom. The molecular formula is C21H19ClN8. The molecule has 4 aromatic heterocycles. The summed E-state index contributed by atoms with van der Waals surface area (Å²) in [6, 6.07) is 9.64. The van der Waals surface area contributed by atoms with Gasteiger partial charge in [-0.25, -0.2) is 19.9 Å². The molecule has 0 saturated carbocycles. The minimum absolute atomic E-state index is 0.342. The summed E-state index contributed by atoms with van der Waals surface area (Å²) in [7, 11) is 0. The number of pyridine rings is 3. The summed E-state index contributed by atoms with van der Waals surface area (Å²) >= 11 is 5.91.